The number of aromatic nitrogens is 1. The van der Waals surface area contributed by atoms with Crippen molar-refractivity contribution in [1.29, 1.82) is 0 Å². The molecule has 2 aromatic rings. The van der Waals surface area contributed by atoms with Crippen LogP contribution in [-0.4, -0.2) is 53.3 Å². The SMILES string of the molecule is CN(C(=O)c1coc(COc2cccc(F)c2)n1)[C@H]1COC[C@@H]1O. The summed E-state index contributed by atoms with van der Waals surface area (Å²) >= 11 is 0. The second-order valence-corrected chi connectivity index (χ2v) is 5.46. The molecule has 24 heavy (non-hydrogen) atoms. The van der Waals surface area contributed by atoms with Gasteiger partial charge in [0.2, 0.25) is 5.89 Å². The van der Waals surface area contributed by atoms with E-state index in [0.29, 0.717) is 5.75 Å². The third kappa shape index (κ3) is 3.55. The summed E-state index contributed by atoms with van der Waals surface area (Å²) < 4.78 is 28.8. The first kappa shape index (κ1) is 16.4. The van der Waals surface area contributed by atoms with E-state index in [-0.39, 0.29) is 37.3 Å². The first-order chi connectivity index (χ1) is 11.5. The van der Waals surface area contributed by atoms with Crippen LogP contribution < -0.4 is 4.74 Å². The summed E-state index contributed by atoms with van der Waals surface area (Å²) in [7, 11) is 1.57. The summed E-state index contributed by atoms with van der Waals surface area (Å²) in [5, 5.41) is 9.78. The number of benzene rings is 1. The van der Waals surface area contributed by atoms with Crippen LogP contribution in [0.3, 0.4) is 0 Å². The van der Waals surface area contributed by atoms with Crippen LogP contribution in [0, 0.1) is 5.82 Å². The third-order valence-electron chi connectivity index (χ3n) is 3.77. The number of hydrogen-bond donors (Lipinski definition) is 1. The van der Waals surface area contributed by atoms with Gasteiger partial charge >= 0.3 is 0 Å². The zero-order valence-corrected chi connectivity index (χ0v) is 13.0. The molecular formula is C16H17FN2O5. The van der Waals surface area contributed by atoms with Crippen LogP contribution in [0.1, 0.15) is 16.4 Å². The lowest BCUT2D eigenvalue weighted by atomic mass is 10.2. The van der Waals surface area contributed by atoms with E-state index in [2.05, 4.69) is 4.98 Å². The van der Waals surface area contributed by atoms with Crippen LogP contribution in [0.5, 0.6) is 5.75 Å². The van der Waals surface area contributed by atoms with Crippen LogP contribution >= 0.6 is 0 Å². The molecule has 3 rings (SSSR count). The maximum absolute atomic E-state index is 13.1. The molecule has 1 N–H and O–H groups in total. The van der Waals surface area contributed by atoms with Crippen molar-refractivity contribution in [3.8, 4) is 5.75 Å². The number of ether oxygens (including phenoxy) is 2. The third-order valence-corrected chi connectivity index (χ3v) is 3.77. The predicted octanol–water partition coefficient (Wildman–Crippen LogP) is 1.22. The number of aliphatic hydroxyl groups is 1. The van der Waals surface area contributed by atoms with Crippen LogP contribution in [0.2, 0.25) is 0 Å². The van der Waals surface area contributed by atoms with Crippen molar-refractivity contribution < 1.29 is 28.2 Å². The molecule has 7 nitrogen and oxygen atoms in total. The van der Waals surface area contributed by atoms with Crippen molar-refractivity contribution in [3.63, 3.8) is 0 Å². The van der Waals surface area contributed by atoms with Crippen LogP contribution in [-0.2, 0) is 11.3 Å². The molecule has 0 aliphatic carbocycles. The fourth-order valence-electron chi connectivity index (χ4n) is 2.41. The van der Waals surface area contributed by atoms with Gasteiger partial charge in [0, 0.05) is 13.1 Å². The van der Waals surface area contributed by atoms with Crippen molar-refractivity contribution in [1.82, 2.24) is 9.88 Å². The summed E-state index contributed by atoms with van der Waals surface area (Å²) in [5.41, 5.74) is 0.106. The van der Waals surface area contributed by atoms with Gasteiger partial charge in [0.25, 0.3) is 5.91 Å². The van der Waals surface area contributed by atoms with Gasteiger partial charge in [-0.3, -0.25) is 4.79 Å². The Morgan fingerprint density at radius 1 is 1.50 bits per heavy atom. The Balaban J connectivity index is 1.61. The highest BCUT2D eigenvalue weighted by Crippen LogP contribution is 2.17. The lowest BCUT2D eigenvalue weighted by Gasteiger charge is -2.24. The minimum Gasteiger partial charge on any atom is -0.484 e. The molecule has 1 fully saturated rings. The van der Waals surface area contributed by atoms with Crippen molar-refractivity contribution in [3.05, 3.63) is 47.9 Å². The molecule has 2 atom stereocenters. The molecule has 1 aromatic heterocycles. The summed E-state index contributed by atoms with van der Waals surface area (Å²) in [4.78, 5) is 17.8. The molecule has 0 saturated carbocycles. The number of carbonyl (C=O) groups excluding carboxylic acids is 1. The number of halogens is 1. The first-order valence-corrected chi connectivity index (χ1v) is 7.40. The monoisotopic (exact) mass is 336 g/mol. The fraction of sp³-hybridized carbons (Fsp3) is 0.375. The Kier molecular flexibility index (Phi) is 4.77. The number of rotatable bonds is 5. The van der Waals surface area contributed by atoms with Crippen molar-refractivity contribution in [2.75, 3.05) is 20.3 Å². The van der Waals surface area contributed by atoms with Crippen molar-refractivity contribution >= 4 is 5.91 Å². The van der Waals surface area contributed by atoms with Gasteiger partial charge in [-0.1, -0.05) is 6.07 Å². The molecule has 8 heteroatoms. The van der Waals surface area contributed by atoms with Crippen LogP contribution in [0.25, 0.3) is 0 Å². The zero-order chi connectivity index (χ0) is 17.1. The van der Waals surface area contributed by atoms with Gasteiger partial charge in [-0.15, -0.1) is 0 Å². The Morgan fingerprint density at radius 2 is 2.33 bits per heavy atom. The Morgan fingerprint density at radius 3 is 3.04 bits per heavy atom. The zero-order valence-electron chi connectivity index (χ0n) is 13.0. The lowest BCUT2D eigenvalue weighted by Crippen LogP contribution is -2.44. The summed E-state index contributed by atoms with van der Waals surface area (Å²) in [5.74, 6) is -0.260. The number of nitrogens with zero attached hydrogens (tertiary/aromatic N) is 2. The van der Waals surface area contributed by atoms with E-state index in [1.165, 1.54) is 29.4 Å². The molecule has 0 unspecified atom stereocenters. The number of oxazole rings is 1. The molecule has 1 aromatic carbocycles. The Bertz CT molecular complexity index is 720. The van der Waals surface area contributed by atoms with Gasteiger partial charge in [0.05, 0.1) is 25.4 Å². The largest absolute Gasteiger partial charge is 0.484 e. The van der Waals surface area contributed by atoms with Gasteiger partial charge in [-0.05, 0) is 12.1 Å². The number of aliphatic hydroxyl groups excluding tert-OH is 1. The number of carbonyl (C=O) groups is 1. The van der Waals surface area contributed by atoms with E-state index in [1.807, 2.05) is 0 Å². The molecule has 1 saturated heterocycles. The maximum Gasteiger partial charge on any atom is 0.275 e. The van der Waals surface area contributed by atoms with E-state index in [0.717, 1.165) is 0 Å². The maximum atomic E-state index is 13.1. The summed E-state index contributed by atoms with van der Waals surface area (Å²) in [6.45, 7) is 0.445. The second kappa shape index (κ2) is 6.98. The molecule has 0 spiro atoms. The number of hydrogen-bond acceptors (Lipinski definition) is 6. The minimum absolute atomic E-state index is 0.0321. The lowest BCUT2D eigenvalue weighted by molar-refractivity contribution is 0.0575. The fourth-order valence-corrected chi connectivity index (χ4v) is 2.41. The second-order valence-electron chi connectivity index (χ2n) is 5.46. The topological polar surface area (TPSA) is 85.0 Å². The normalized spacial score (nSPS) is 20.1. The quantitative estimate of drug-likeness (QED) is 0.884. The van der Waals surface area contributed by atoms with E-state index in [1.54, 1.807) is 13.1 Å². The highest BCUT2D eigenvalue weighted by Gasteiger charge is 2.33. The minimum atomic E-state index is -0.721. The van der Waals surface area contributed by atoms with Gasteiger partial charge in [-0.2, -0.15) is 0 Å². The van der Waals surface area contributed by atoms with E-state index in [9.17, 15) is 14.3 Å². The molecule has 1 aliphatic heterocycles. The standard InChI is InChI=1S/C16H17FN2O5/c1-19(13-7-22-8-14(13)20)16(21)12-6-24-15(18-12)9-23-11-4-2-3-10(17)5-11/h2-6,13-14,20H,7-9H2,1H3/t13-,14-/m0/s1. The molecule has 128 valence electrons. The molecule has 2 heterocycles. The van der Waals surface area contributed by atoms with E-state index >= 15 is 0 Å². The predicted molar refractivity (Wildman–Crippen MR) is 79.9 cm³/mol. The molecular weight excluding hydrogens is 319 g/mol. The number of amides is 1. The summed E-state index contributed by atoms with van der Waals surface area (Å²) in [6, 6.07) is 5.27. The average Bonchev–Trinajstić information content (AvgIpc) is 3.20. The van der Waals surface area contributed by atoms with Crippen LogP contribution in [0.15, 0.2) is 34.9 Å². The van der Waals surface area contributed by atoms with Gasteiger partial charge in [0.1, 0.15) is 17.8 Å². The molecule has 0 radical (unpaired) electrons. The van der Waals surface area contributed by atoms with Gasteiger partial charge in [0.15, 0.2) is 12.3 Å². The smallest absolute Gasteiger partial charge is 0.275 e. The summed E-state index contributed by atoms with van der Waals surface area (Å²) in [6.07, 6.45) is 0.507. The highest BCUT2D eigenvalue weighted by molar-refractivity contribution is 5.92. The first-order valence-electron chi connectivity index (χ1n) is 7.40. The Labute approximate surface area is 137 Å². The van der Waals surface area contributed by atoms with E-state index in [4.69, 9.17) is 13.9 Å². The van der Waals surface area contributed by atoms with Gasteiger partial charge < -0.3 is 23.9 Å². The molecule has 1 aliphatic rings. The van der Waals surface area contributed by atoms with Crippen molar-refractivity contribution in [2.45, 2.75) is 18.8 Å². The van der Waals surface area contributed by atoms with Gasteiger partial charge in [-0.25, -0.2) is 9.37 Å². The Hall–Kier alpha value is -2.45. The average molecular weight is 336 g/mol. The number of likely N-dealkylation sites (N-methyl/N-ethyl adjacent to an activating group) is 1. The van der Waals surface area contributed by atoms with Crippen LogP contribution in [0.4, 0.5) is 4.39 Å². The molecule has 1 amide bonds. The highest BCUT2D eigenvalue weighted by atomic mass is 19.1. The van der Waals surface area contributed by atoms with Crippen molar-refractivity contribution in [2.24, 2.45) is 0 Å². The molecule has 0 bridgehead atoms. The van der Waals surface area contributed by atoms with E-state index < -0.39 is 18.0 Å².